The molecule has 0 spiro atoms. The summed E-state index contributed by atoms with van der Waals surface area (Å²) >= 11 is 0. The molecule has 0 heteroatoms. The van der Waals surface area contributed by atoms with Crippen molar-refractivity contribution in [2.24, 2.45) is 11.8 Å². The molecule has 2 saturated carbocycles. The molecule has 0 nitrogen and oxygen atoms in total. The maximum Gasteiger partial charge on any atom is -0.00127 e. The fraction of sp³-hybridized carbons (Fsp3) is 0.625. The Morgan fingerprint density at radius 3 is 2.19 bits per heavy atom. The van der Waals surface area contributed by atoms with Gasteiger partial charge >= 0.3 is 0 Å². The Balaban J connectivity index is 0.000000457. The summed E-state index contributed by atoms with van der Waals surface area (Å²) in [7, 11) is 0. The van der Waals surface area contributed by atoms with Gasteiger partial charge < -0.3 is 0 Å². The molecule has 2 aliphatic rings. The number of rotatable bonds is 1. The van der Waals surface area contributed by atoms with Gasteiger partial charge in [-0.05, 0) is 49.0 Å². The van der Waals surface area contributed by atoms with Crippen LogP contribution in [0, 0.1) is 18.8 Å². The fourth-order valence-corrected chi connectivity index (χ4v) is 3.41. The van der Waals surface area contributed by atoms with Crippen molar-refractivity contribution < 1.29 is 0 Å². The summed E-state index contributed by atoms with van der Waals surface area (Å²) in [6.07, 6.45) is 4.33. The highest BCUT2D eigenvalue weighted by Crippen LogP contribution is 2.66. The molecule has 3 rings (SSSR count). The Hall–Kier alpha value is -0.780. The monoisotopic (exact) mass is 216 g/mol. The quantitative estimate of drug-likeness (QED) is 0.638. The maximum absolute atomic E-state index is 2.42. The molecule has 0 heterocycles. The molecular weight excluding hydrogens is 192 g/mol. The van der Waals surface area contributed by atoms with Gasteiger partial charge in [-0.15, -0.1) is 0 Å². The standard InChI is InChI=1S/C14H18.C2H6/c1-10-3-5-12(6-4-10)14-8-7-11(2)13(14)9-14;1-2/h3-6,11,13H,7-9H2,1-2H3;1-2H3. The normalized spacial score (nSPS) is 35.0. The number of aryl methyl sites for hydroxylation is 1. The summed E-state index contributed by atoms with van der Waals surface area (Å²) < 4.78 is 0. The maximum atomic E-state index is 2.42. The van der Waals surface area contributed by atoms with E-state index in [0.717, 1.165) is 11.8 Å². The molecule has 0 radical (unpaired) electrons. The number of fused-ring (bicyclic) bond motifs is 1. The van der Waals surface area contributed by atoms with Gasteiger partial charge in [0.05, 0.1) is 0 Å². The summed E-state index contributed by atoms with van der Waals surface area (Å²) in [6.45, 7) is 8.59. The van der Waals surface area contributed by atoms with E-state index in [4.69, 9.17) is 0 Å². The second-order valence-electron chi connectivity index (χ2n) is 5.35. The largest absolute Gasteiger partial charge is 0.0683 e. The van der Waals surface area contributed by atoms with Crippen molar-refractivity contribution in [3.8, 4) is 0 Å². The van der Waals surface area contributed by atoms with Crippen LogP contribution < -0.4 is 0 Å². The molecule has 0 aromatic heterocycles. The molecule has 0 aliphatic heterocycles. The summed E-state index contributed by atoms with van der Waals surface area (Å²) in [5, 5.41) is 0. The third kappa shape index (κ3) is 1.69. The Bertz CT molecular complexity index is 349. The average molecular weight is 216 g/mol. The molecule has 0 bridgehead atoms. The molecule has 3 atom stereocenters. The molecule has 88 valence electrons. The lowest BCUT2D eigenvalue weighted by Gasteiger charge is -2.12. The molecule has 0 amide bonds. The third-order valence-electron chi connectivity index (χ3n) is 4.49. The van der Waals surface area contributed by atoms with Gasteiger partial charge in [0.1, 0.15) is 0 Å². The SMILES string of the molecule is CC.Cc1ccc(C23CCC(C)C2C3)cc1. The molecule has 1 aromatic carbocycles. The summed E-state index contributed by atoms with van der Waals surface area (Å²) in [5.41, 5.74) is 3.61. The first-order valence-electron chi connectivity index (χ1n) is 6.79. The minimum Gasteiger partial charge on any atom is -0.0683 e. The molecule has 3 unspecified atom stereocenters. The van der Waals surface area contributed by atoms with E-state index in [1.54, 1.807) is 5.56 Å². The number of hydrogen-bond donors (Lipinski definition) is 0. The van der Waals surface area contributed by atoms with Gasteiger partial charge in [0.2, 0.25) is 0 Å². The van der Waals surface area contributed by atoms with Gasteiger partial charge in [-0.25, -0.2) is 0 Å². The van der Waals surface area contributed by atoms with Gasteiger partial charge in [-0.1, -0.05) is 50.6 Å². The van der Waals surface area contributed by atoms with E-state index in [0.29, 0.717) is 5.41 Å². The van der Waals surface area contributed by atoms with Crippen LogP contribution >= 0.6 is 0 Å². The van der Waals surface area contributed by atoms with E-state index in [9.17, 15) is 0 Å². The zero-order chi connectivity index (χ0) is 11.8. The summed E-state index contributed by atoms with van der Waals surface area (Å²) in [4.78, 5) is 0. The van der Waals surface area contributed by atoms with Crippen LogP contribution in [-0.4, -0.2) is 0 Å². The molecule has 0 N–H and O–H groups in total. The van der Waals surface area contributed by atoms with Crippen molar-refractivity contribution in [2.75, 3.05) is 0 Å². The Labute approximate surface area is 100 Å². The minimum absolute atomic E-state index is 0.618. The highest BCUT2D eigenvalue weighted by Gasteiger charge is 2.60. The highest BCUT2D eigenvalue weighted by molar-refractivity contribution is 5.37. The van der Waals surface area contributed by atoms with E-state index in [1.807, 2.05) is 13.8 Å². The minimum atomic E-state index is 0.618. The first kappa shape index (κ1) is 11.7. The molecule has 16 heavy (non-hydrogen) atoms. The van der Waals surface area contributed by atoms with Crippen molar-refractivity contribution in [3.63, 3.8) is 0 Å². The zero-order valence-corrected chi connectivity index (χ0v) is 11.1. The van der Waals surface area contributed by atoms with E-state index < -0.39 is 0 Å². The lowest BCUT2D eigenvalue weighted by atomic mass is 9.93. The third-order valence-corrected chi connectivity index (χ3v) is 4.49. The number of hydrogen-bond acceptors (Lipinski definition) is 0. The molecule has 0 saturated heterocycles. The Kier molecular flexibility index (Phi) is 3.10. The van der Waals surface area contributed by atoms with E-state index in [1.165, 1.54) is 24.8 Å². The average Bonchev–Trinajstić information content (AvgIpc) is 2.98. The van der Waals surface area contributed by atoms with E-state index in [-0.39, 0.29) is 0 Å². The van der Waals surface area contributed by atoms with Gasteiger partial charge in [0.25, 0.3) is 0 Å². The second-order valence-corrected chi connectivity index (χ2v) is 5.35. The van der Waals surface area contributed by atoms with Crippen molar-refractivity contribution in [1.29, 1.82) is 0 Å². The first-order valence-corrected chi connectivity index (χ1v) is 6.79. The Morgan fingerprint density at radius 2 is 1.75 bits per heavy atom. The molecule has 2 aliphatic carbocycles. The number of benzene rings is 1. The zero-order valence-electron chi connectivity index (χ0n) is 11.1. The fourth-order valence-electron chi connectivity index (χ4n) is 3.41. The highest BCUT2D eigenvalue weighted by atomic mass is 14.6. The van der Waals surface area contributed by atoms with Gasteiger partial charge in [0, 0.05) is 0 Å². The van der Waals surface area contributed by atoms with Crippen LogP contribution in [0.1, 0.15) is 51.2 Å². The van der Waals surface area contributed by atoms with Crippen molar-refractivity contribution in [2.45, 2.75) is 52.4 Å². The van der Waals surface area contributed by atoms with Gasteiger partial charge in [0.15, 0.2) is 0 Å². The van der Waals surface area contributed by atoms with Crippen LogP contribution in [-0.2, 0) is 5.41 Å². The van der Waals surface area contributed by atoms with Gasteiger partial charge in [-0.2, -0.15) is 0 Å². The van der Waals surface area contributed by atoms with Crippen molar-refractivity contribution >= 4 is 0 Å². The van der Waals surface area contributed by atoms with Gasteiger partial charge in [-0.3, -0.25) is 0 Å². The van der Waals surface area contributed by atoms with Crippen LogP contribution in [0.25, 0.3) is 0 Å². The predicted molar refractivity (Wildman–Crippen MR) is 70.7 cm³/mol. The van der Waals surface area contributed by atoms with Crippen LogP contribution in [0.3, 0.4) is 0 Å². The topological polar surface area (TPSA) is 0 Å². The van der Waals surface area contributed by atoms with Crippen molar-refractivity contribution in [1.82, 2.24) is 0 Å². The summed E-state index contributed by atoms with van der Waals surface area (Å²) in [5.74, 6) is 1.97. The van der Waals surface area contributed by atoms with E-state index in [2.05, 4.69) is 38.1 Å². The van der Waals surface area contributed by atoms with Crippen LogP contribution in [0.15, 0.2) is 24.3 Å². The van der Waals surface area contributed by atoms with Crippen LogP contribution in [0.2, 0.25) is 0 Å². The first-order chi connectivity index (χ1) is 7.72. The Morgan fingerprint density at radius 1 is 1.12 bits per heavy atom. The predicted octanol–water partition coefficient (Wildman–Crippen LogP) is 4.71. The lowest BCUT2D eigenvalue weighted by Crippen LogP contribution is -2.04. The van der Waals surface area contributed by atoms with Crippen LogP contribution in [0.4, 0.5) is 0 Å². The molecule has 2 fully saturated rings. The smallest absolute Gasteiger partial charge is 0.00127 e. The van der Waals surface area contributed by atoms with E-state index >= 15 is 0 Å². The van der Waals surface area contributed by atoms with Crippen LogP contribution in [0.5, 0.6) is 0 Å². The molecule has 1 aromatic rings. The second kappa shape index (κ2) is 4.24. The summed E-state index contributed by atoms with van der Waals surface area (Å²) in [6, 6.07) is 9.24. The lowest BCUT2D eigenvalue weighted by molar-refractivity contribution is 0.530. The molecular formula is C16H24. The van der Waals surface area contributed by atoms with Crippen molar-refractivity contribution in [3.05, 3.63) is 35.4 Å².